The molecule has 0 saturated heterocycles. The highest BCUT2D eigenvalue weighted by molar-refractivity contribution is 7.09. The summed E-state index contributed by atoms with van der Waals surface area (Å²) in [6, 6.07) is 0. The van der Waals surface area contributed by atoms with Crippen LogP contribution in [0.25, 0.3) is 0 Å². The van der Waals surface area contributed by atoms with Gasteiger partial charge in [-0.1, -0.05) is 0 Å². The number of hydrogen-bond donors (Lipinski definition) is 0. The zero-order valence-corrected chi connectivity index (χ0v) is 9.06. The number of thiazole rings is 1. The van der Waals surface area contributed by atoms with Gasteiger partial charge in [0, 0.05) is 24.3 Å². The van der Waals surface area contributed by atoms with Gasteiger partial charge in [0.15, 0.2) is 0 Å². The van der Waals surface area contributed by atoms with Crippen molar-refractivity contribution in [2.45, 2.75) is 27.1 Å². The van der Waals surface area contributed by atoms with Crippen LogP contribution >= 0.6 is 11.3 Å². The first-order valence-electron chi connectivity index (χ1n) is 4.43. The van der Waals surface area contributed by atoms with Crippen LogP contribution < -0.4 is 0 Å². The zero-order chi connectivity index (χ0) is 9.68. The zero-order valence-electron chi connectivity index (χ0n) is 8.24. The summed E-state index contributed by atoms with van der Waals surface area (Å²) in [5.74, 6) is 0. The maximum Gasteiger partial charge on any atom is 0.210 e. The second kappa shape index (κ2) is 5.32. The smallest absolute Gasteiger partial charge is 0.210 e. The molecule has 1 rings (SSSR count). The number of aromatic nitrogens is 1. The molecule has 0 atom stereocenters. The predicted octanol–water partition coefficient (Wildman–Crippen LogP) is 2.52. The molecule has 0 radical (unpaired) electrons. The lowest BCUT2D eigenvalue weighted by atomic mass is 10.5. The minimum absolute atomic E-state index is 0.284. The van der Waals surface area contributed by atoms with Crippen LogP contribution in [0.15, 0.2) is 5.38 Å². The largest absolute Gasteiger partial charge is 0.347 e. The lowest BCUT2D eigenvalue weighted by Crippen LogP contribution is -2.08. The molecule has 0 amide bonds. The fraction of sp³-hybridized carbons (Fsp3) is 0.667. The molecule has 0 fully saturated rings. The Hall–Kier alpha value is -0.450. The van der Waals surface area contributed by atoms with Gasteiger partial charge in [-0.15, -0.1) is 11.3 Å². The highest BCUT2D eigenvalue weighted by Crippen LogP contribution is 2.22. The topological polar surface area (TPSA) is 31.4 Å². The standard InChI is InChI=1S/C9H15NO2S/c1-4-11-9(12-5-2)8-10-7(3)6-13-8/h6,9H,4-5H2,1-3H3. The Morgan fingerprint density at radius 2 is 2.00 bits per heavy atom. The van der Waals surface area contributed by atoms with E-state index < -0.39 is 0 Å². The summed E-state index contributed by atoms with van der Waals surface area (Å²) in [5.41, 5.74) is 1.02. The summed E-state index contributed by atoms with van der Waals surface area (Å²) < 4.78 is 10.8. The van der Waals surface area contributed by atoms with Gasteiger partial charge in [0.2, 0.25) is 6.29 Å². The number of ether oxygens (including phenoxy) is 2. The van der Waals surface area contributed by atoms with E-state index in [2.05, 4.69) is 4.98 Å². The Balaban J connectivity index is 2.63. The van der Waals surface area contributed by atoms with Crippen molar-refractivity contribution in [2.24, 2.45) is 0 Å². The summed E-state index contributed by atoms with van der Waals surface area (Å²) >= 11 is 1.58. The van der Waals surface area contributed by atoms with Crippen LogP contribution in [0.1, 0.15) is 30.8 Å². The normalized spacial score (nSPS) is 11.1. The Bertz CT molecular complexity index is 244. The van der Waals surface area contributed by atoms with Crippen LogP contribution in [0.4, 0.5) is 0 Å². The second-order valence-electron chi connectivity index (χ2n) is 2.57. The summed E-state index contributed by atoms with van der Waals surface area (Å²) in [6.45, 7) is 7.15. The summed E-state index contributed by atoms with van der Waals surface area (Å²) in [5, 5.41) is 2.90. The van der Waals surface area contributed by atoms with Crippen LogP contribution in [-0.4, -0.2) is 18.2 Å². The molecular weight excluding hydrogens is 186 g/mol. The molecule has 0 aliphatic heterocycles. The lowest BCUT2D eigenvalue weighted by Gasteiger charge is -2.13. The molecule has 1 aromatic heterocycles. The monoisotopic (exact) mass is 201 g/mol. The molecule has 0 bridgehead atoms. The summed E-state index contributed by atoms with van der Waals surface area (Å²) in [4.78, 5) is 4.32. The van der Waals surface area contributed by atoms with E-state index in [0.717, 1.165) is 10.7 Å². The van der Waals surface area contributed by atoms with Gasteiger partial charge in [-0.05, 0) is 20.8 Å². The van der Waals surface area contributed by atoms with E-state index in [-0.39, 0.29) is 6.29 Å². The second-order valence-corrected chi connectivity index (χ2v) is 3.46. The minimum Gasteiger partial charge on any atom is -0.347 e. The van der Waals surface area contributed by atoms with E-state index in [0.29, 0.717) is 13.2 Å². The van der Waals surface area contributed by atoms with Crippen molar-refractivity contribution in [3.63, 3.8) is 0 Å². The van der Waals surface area contributed by atoms with Gasteiger partial charge in [-0.25, -0.2) is 4.98 Å². The van der Waals surface area contributed by atoms with Gasteiger partial charge in [-0.3, -0.25) is 0 Å². The van der Waals surface area contributed by atoms with Gasteiger partial charge < -0.3 is 9.47 Å². The maximum atomic E-state index is 5.41. The fourth-order valence-corrected chi connectivity index (χ4v) is 1.76. The molecule has 13 heavy (non-hydrogen) atoms. The quantitative estimate of drug-likeness (QED) is 0.686. The Labute approximate surface area is 82.7 Å². The molecule has 1 aromatic rings. The van der Waals surface area contributed by atoms with Gasteiger partial charge in [0.05, 0.1) is 0 Å². The average Bonchev–Trinajstić information content (AvgIpc) is 2.51. The van der Waals surface area contributed by atoms with Crippen molar-refractivity contribution in [1.82, 2.24) is 4.98 Å². The molecule has 0 saturated carbocycles. The number of nitrogens with zero attached hydrogens (tertiary/aromatic N) is 1. The number of aryl methyl sites for hydroxylation is 1. The molecule has 0 aliphatic rings. The van der Waals surface area contributed by atoms with Crippen LogP contribution in [0.2, 0.25) is 0 Å². The van der Waals surface area contributed by atoms with Gasteiger partial charge >= 0.3 is 0 Å². The van der Waals surface area contributed by atoms with Crippen molar-refractivity contribution in [3.8, 4) is 0 Å². The van der Waals surface area contributed by atoms with E-state index in [9.17, 15) is 0 Å². The molecule has 1 heterocycles. The van der Waals surface area contributed by atoms with Crippen molar-refractivity contribution in [2.75, 3.05) is 13.2 Å². The molecule has 0 spiro atoms. The molecule has 74 valence electrons. The first-order chi connectivity index (χ1) is 6.27. The summed E-state index contributed by atoms with van der Waals surface area (Å²) in [7, 11) is 0. The van der Waals surface area contributed by atoms with Crippen molar-refractivity contribution in [1.29, 1.82) is 0 Å². The Morgan fingerprint density at radius 3 is 2.38 bits per heavy atom. The van der Waals surface area contributed by atoms with E-state index in [4.69, 9.17) is 9.47 Å². The van der Waals surface area contributed by atoms with Crippen LogP contribution in [-0.2, 0) is 9.47 Å². The number of rotatable bonds is 5. The highest BCUT2D eigenvalue weighted by atomic mass is 32.1. The lowest BCUT2D eigenvalue weighted by molar-refractivity contribution is -0.140. The van der Waals surface area contributed by atoms with Gasteiger partial charge in [0.1, 0.15) is 5.01 Å². The molecule has 0 aromatic carbocycles. The number of hydrogen-bond acceptors (Lipinski definition) is 4. The highest BCUT2D eigenvalue weighted by Gasteiger charge is 2.14. The maximum absolute atomic E-state index is 5.41. The third-order valence-electron chi connectivity index (χ3n) is 1.47. The Kier molecular flexibility index (Phi) is 4.35. The molecule has 0 unspecified atom stereocenters. The molecule has 0 aliphatic carbocycles. The van der Waals surface area contributed by atoms with Crippen molar-refractivity contribution >= 4 is 11.3 Å². The van der Waals surface area contributed by atoms with E-state index in [1.54, 1.807) is 11.3 Å². The summed E-state index contributed by atoms with van der Waals surface area (Å²) in [6.07, 6.45) is -0.284. The van der Waals surface area contributed by atoms with Crippen molar-refractivity contribution < 1.29 is 9.47 Å². The van der Waals surface area contributed by atoms with Crippen LogP contribution in [0.3, 0.4) is 0 Å². The van der Waals surface area contributed by atoms with Crippen molar-refractivity contribution in [3.05, 3.63) is 16.1 Å². The molecule has 3 nitrogen and oxygen atoms in total. The third-order valence-corrected chi connectivity index (χ3v) is 2.46. The molecule has 4 heteroatoms. The van der Waals surface area contributed by atoms with Gasteiger partial charge in [-0.2, -0.15) is 0 Å². The molecule has 0 N–H and O–H groups in total. The van der Waals surface area contributed by atoms with Crippen LogP contribution in [0.5, 0.6) is 0 Å². The third kappa shape index (κ3) is 3.06. The first-order valence-corrected chi connectivity index (χ1v) is 5.31. The van der Waals surface area contributed by atoms with Crippen LogP contribution in [0, 0.1) is 6.92 Å². The van der Waals surface area contributed by atoms with E-state index in [1.807, 2.05) is 26.2 Å². The van der Waals surface area contributed by atoms with E-state index in [1.165, 1.54) is 0 Å². The van der Waals surface area contributed by atoms with E-state index >= 15 is 0 Å². The first kappa shape index (κ1) is 10.6. The molecular formula is C9H15NO2S. The SMILES string of the molecule is CCOC(OCC)c1nc(C)cs1. The average molecular weight is 201 g/mol. The Morgan fingerprint density at radius 1 is 1.38 bits per heavy atom. The van der Waals surface area contributed by atoms with Gasteiger partial charge in [0.25, 0.3) is 0 Å². The predicted molar refractivity (Wildman–Crippen MR) is 52.8 cm³/mol. The fourth-order valence-electron chi connectivity index (χ4n) is 0.974. The minimum atomic E-state index is -0.284.